The maximum absolute atomic E-state index is 12.5. The van der Waals surface area contributed by atoms with Gasteiger partial charge in [-0.05, 0) is 38.0 Å². The van der Waals surface area contributed by atoms with Crippen LogP contribution in [0.25, 0.3) is 0 Å². The summed E-state index contributed by atoms with van der Waals surface area (Å²) in [6.07, 6.45) is 28.5. The van der Waals surface area contributed by atoms with Crippen molar-refractivity contribution in [1.29, 1.82) is 0 Å². The molecule has 0 aromatic carbocycles. The predicted molar refractivity (Wildman–Crippen MR) is 162 cm³/mol. The van der Waals surface area contributed by atoms with Gasteiger partial charge in [0.2, 0.25) is 0 Å². The van der Waals surface area contributed by atoms with Crippen molar-refractivity contribution < 1.29 is 19.1 Å². The molecule has 4 heteroatoms. The summed E-state index contributed by atoms with van der Waals surface area (Å²) in [6, 6.07) is 0. The van der Waals surface area contributed by atoms with Crippen molar-refractivity contribution in [2.75, 3.05) is 13.2 Å². The molecule has 38 heavy (non-hydrogen) atoms. The Morgan fingerprint density at radius 1 is 0.500 bits per heavy atom. The molecule has 0 spiro atoms. The van der Waals surface area contributed by atoms with Crippen molar-refractivity contribution in [3.63, 3.8) is 0 Å². The van der Waals surface area contributed by atoms with Crippen LogP contribution in [0.5, 0.6) is 0 Å². The van der Waals surface area contributed by atoms with Crippen LogP contribution >= 0.6 is 0 Å². The third kappa shape index (κ3) is 22.9. The Labute approximate surface area is 237 Å². The summed E-state index contributed by atoms with van der Waals surface area (Å²) < 4.78 is 10.8. The van der Waals surface area contributed by atoms with E-state index >= 15 is 0 Å². The molecule has 0 aliphatic carbocycles. The quantitative estimate of drug-likeness (QED) is 0.0702. The molecule has 4 nitrogen and oxygen atoms in total. The minimum absolute atomic E-state index is 0.00789. The molecule has 0 N–H and O–H groups in total. The van der Waals surface area contributed by atoms with E-state index in [0.29, 0.717) is 25.6 Å². The third-order valence-electron chi connectivity index (χ3n) is 8.04. The standard InChI is InChI=1S/C34H66O4/c1-5-9-25-29-37-33(35)28-24-22-20-18-16-14-12-11-13-15-17-19-21-23-27-31(7-3)32(8-4)34(36)38-30-26-10-6-2/h31-32H,5-30H2,1-4H3. The number of ether oxygens (including phenoxy) is 2. The molecule has 0 aromatic rings. The number of hydrogen-bond acceptors (Lipinski definition) is 4. The molecule has 0 fully saturated rings. The second-order valence-corrected chi connectivity index (χ2v) is 11.5. The van der Waals surface area contributed by atoms with E-state index in [2.05, 4.69) is 27.7 Å². The van der Waals surface area contributed by atoms with Crippen LogP contribution in [0.2, 0.25) is 0 Å². The second kappa shape index (κ2) is 28.9. The van der Waals surface area contributed by atoms with Gasteiger partial charge in [-0.3, -0.25) is 9.59 Å². The number of hydrogen-bond donors (Lipinski definition) is 0. The minimum Gasteiger partial charge on any atom is -0.466 e. The highest BCUT2D eigenvalue weighted by molar-refractivity contribution is 5.72. The molecule has 0 aromatic heterocycles. The molecule has 0 saturated carbocycles. The average molecular weight is 539 g/mol. The molecule has 0 heterocycles. The van der Waals surface area contributed by atoms with Crippen molar-refractivity contribution >= 4 is 11.9 Å². The van der Waals surface area contributed by atoms with Crippen molar-refractivity contribution in [2.45, 2.75) is 182 Å². The van der Waals surface area contributed by atoms with Crippen LogP contribution < -0.4 is 0 Å². The molecule has 2 atom stereocenters. The van der Waals surface area contributed by atoms with E-state index in [-0.39, 0.29) is 17.9 Å². The zero-order chi connectivity index (χ0) is 28.1. The lowest BCUT2D eigenvalue weighted by atomic mass is 9.84. The maximum atomic E-state index is 12.5. The van der Waals surface area contributed by atoms with Gasteiger partial charge in [-0.25, -0.2) is 0 Å². The zero-order valence-corrected chi connectivity index (χ0v) is 26.2. The number of unbranched alkanes of at least 4 members (excludes halogenated alkanes) is 17. The number of carbonyl (C=O) groups is 2. The first-order valence-electron chi connectivity index (χ1n) is 16.9. The van der Waals surface area contributed by atoms with Crippen molar-refractivity contribution in [3.05, 3.63) is 0 Å². The fraction of sp³-hybridized carbons (Fsp3) is 0.941. The number of carbonyl (C=O) groups excluding carboxylic acids is 2. The summed E-state index contributed by atoms with van der Waals surface area (Å²) in [7, 11) is 0. The minimum atomic E-state index is -0.00789. The molecule has 226 valence electrons. The average Bonchev–Trinajstić information content (AvgIpc) is 2.92. The van der Waals surface area contributed by atoms with Crippen molar-refractivity contribution in [3.8, 4) is 0 Å². The fourth-order valence-electron chi connectivity index (χ4n) is 5.42. The Kier molecular flexibility index (Phi) is 28.1. The molecule has 0 aliphatic rings. The topological polar surface area (TPSA) is 52.6 Å². The smallest absolute Gasteiger partial charge is 0.309 e. The van der Waals surface area contributed by atoms with Crippen LogP contribution in [0.1, 0.15) is 182 Å². The van der Waals surface area contributed by atoms with Gasteiger partial charge in [0.15, 0.2) is 0 Å². The Balaban J connectivity index is 3.53. The van der Waals surface area contributed by atoms with Gasteiger partial charge in [0.05, 0.1) is 19.1 Å². The molecule has 0 bridgehead atoms. The van der Waals surface area contributed by atoms with Crippen LogP contribution in [-0.4, -0.2) is 25.2 Å². The summed E-state index contributed by atoms with van der Waals surface area (Å²) in [6.45, 7) is 9.90. The molecular weight excluding hydrogens is 472 g/mol. The summed E-state index contributed by atoms with van der Waals surface area (Å²) in [5, 5.41) is 0. The van der Waals surface area contributed by atoms with Gasteiger partial charge >= 0.3 is 11.9 Å². The molecule has 2 unspecified atom stereocenters. The molecule has 0 rings (SSSR count). The van der Waals surface area contributed by atoms with Gasteiger partial charge < -0.3 is 9.47 Å². The maximum Gasteiger partial charge on any atom is 0.309 e. The number of rotatable bonds is 29. The van der Waals surface area contributed by atoms with E-state index in [1.807, 2.05) is 0 Å². The highest BCUT2D eigenvalue weighted by Gasteiger charge is 2.26. The Hall–Kier alpha value is -1.06. The Morgan fingerprint density at radius 2 is 0.947 bits per heavy atom. The van der Waals surface area contributed by atoms with Gasteiger partial charge in [-0.1, -0.05) is 143 Å². The van der Waals surface area contributed by atoms with Gasteiger partial charge in [0.1, 0.15) is 0 Å². The Bertz CT molecular complexity index is 519. The lowest BCUT2D eigenvalue weighted by Crippen LogP contribution is -2.25. The van der Waals surface area contributed by atoms with E-state index < -0.39 is 0 Å². The van der Waals surface area contributed by atoms with E-state index in [1.165, 1.54) is 89.9 Å². The van der Waals surface area contributed by atoms with Gasteiger partial charge in [-0.2, -0.15) is 0 Å². The normalized spacial score (nSPS) is 12.8. The fourth-order valence-corrected chi connectivity index (χ4v) is 5.42. The molecule has 0 amide bonds. The molecule has 0 radical (unpaired) electrons. The van der Waals surface area contributed by atoms with Crippen LogP contribution in [-0.2, 0) is 19.1 Å². The van der Waals surface area contributed by atoms with Crippen molar-refractivity contribution in [1.82, 2.24) is 0 Å². The summed E-state index contributed by atoms with van der Waals surface area (Å²) in [5.41, 5.74) is 0. The van der Waals surface area contributed by atoms with Crippen LogP contribution in [0.3, 0.4) is 0 Å². The van der Waals surface area contributed by atoms with E-state index in [1.54, 1.807) is 0 Å². The second-order valence-electron chi connectivity index (χ2n) is 11.5. The first-order valence-corrected chi connectivity index (χ1v) is 16.9. The van der Waals surface area contributed by atoms with E-state index in [4.69, 9.17) is 9.47 Å². The van der Waals surface area contributed by atoms with Crippen LogP contribution in [0.4, 0.5) is 0 Å². The number of esters is 2. The summed E-state index contributed by atoms with van der Waals surface area (Å²) in [5.74, 6) is 0.609. The SMILES string of the molecule is CCCCCOC(=O)CCCCCCCCCCCCCCCCC(CC)C(CC)C(=O)OCCCCC. The van der Waals surface area contributed by atoms with Gasteiger partial charge in [0.25, 0.3) is 0 Å². The van der Waals surface area contributed by atoms with Gasteiger partial charge in [-0.15, -0.1) is 0 Å². The lowest BCUT2D eigenvalue weighted by molar-refractivity contribution is -0.151. The molecule has 0 aliphatic heterocycles. The third-order valence-corrected chi connectivity index (χ3v) is 8.04. The zero-order valence-electron chi connectivity index (χ0n) is 26.2. The predicted octanol–water partition coefficient (Wildman–Crippen LogP) is 10.7. The van der Waals surface area contributed by atoms with Crippen molar-refractivity contribution in [2.24, 2.45) is 11.8 Å². The van der Waals surface area contributed by atoms with E-state index in [0.717, 1.165) is 57.8 Å². The Morgan fingerprint density at radius 3 is 1.39 bits per heavy atom. The highest BCUT2D eigenvalue weighted by atomic mass is 16.5. The molecule has 0 saturated heterocycles. The first-order chi connectivity index (χ1) is 18.6. The summed E-state index contributed by atoms with van der Waals surface area (Å²) >= 11 is 0. The first kappa shape index (κ1) is 36.9. The van der Waals surface area contributed by atoms with E-state index in [9.17, 15) is 9.59 Å². The largest absolute Gasteiger partial charge is 0.466 e. The van der Waals surface area contributed by atoms with Crippen LogP contribution in [0.15, 0.2) is 0 Å². The summed E-state index contributed by atoms with van der Waals surface area (Å²) in [4.78, 5) is 24.2. The lowest BCUT2D eigenvalue weighted by Gasteiger charge is -2.23. The van der Waals surface area contributed by atoms with Gasteiger partial charge in [0, 0.05) is 6.42 Å². The highest BCUT2D eigenvalue weighted by Crippen LogP contribution is 2.27. The molecular formula is C34H66O4. The monoisotopic (exact) mass is 538 g/mol. The van der Waals surface area contributed by atoms with Crippen LogP contribution in [0, 0.1) is 11.8 Å².